The zero-order valence-electron chi connectivity index (χ0n) is 17.4. The molecule has 6 heteroatoms. The maximum absolute atomic E-state index is 12.8. The van der Waals surface area contributed by atoms with E-state index in [0.29, 0.717) is 12.0 Å². The van der Waals surface area contributed by atoms with Gasteiger partial charge in [0.25, 0.3) is 5.91 Å². The summed E-state index contributed by atoms with van der Waals surface area (Å²) in [4.78, 5) is 29.4. The van der Waals surface area contributed by atoms with Gasteiger partial charge in [-0.1, -0.05) is 30.3 Å². The minimum absolute atomic E-state index is 0.0462. The Labute approximate surface area is 172 Å². The fraction of sp³-hybridized carbons (Fsp3) is 0.522. The van der Waals surface area contributed by atoms with Gasteiger partial charge in [-0.3, -0.25) is 14.3 Å². The largest absolute Gasteiger partial charge is 0.342 e. The summed E-state index contributed by atoms with van der Waals surface area (Å²) < 4.78 is 1.69. The lowest BCUT2D eigenvalue weighted by Crippen LogP contribution is -2.44. The Bertz CT molecular complexity index is 882. The minimum atomic E-state index is 0.0462. The molecule has 2 amide bonds. The molecule has 4 rings (SSSR count). The van der Waals surface area contributed by atoms with Crippen molar-refractivity contribution in [2.24, 2.45) is 12.5 Å². The second kappa shape index (κ2) is 8.01. The molecule has 0 unspecified atom stereocenters. The first kappa shape index (κ1) is 19.7. The Morgan fingerprint density at radius 2 is 1.90 bits per heavy atom. The standard InChI is InChI=1S/C23H30N4O2/c1-18-20(16-25(2)24-18)22(29)26-13-10-23(11-14-26)15-21(28)27(17-23)12-6-9-19-7-4-3-5-8-19/h3-5,7-8,16H,6,9-15,17H2,1-2H3. The first-order valence-electron chi connectivity index (χ1n) is 10.6. The summed E-state index contributed by atoms with van der Waals surface area (Å²) in [5.74, 6) is 0.343. The van der Waals surface area contributed by atoms with Crippen LogP contribution in [-0.2, 0) is 18.3 Å². The van der Waals surface area contributed by atoms with Gasteiger partial charge < -0.3 is 9.80 Å². The van der Waals surface area contributed by atoms with Gasteiger partial charge >= 0.3 is 0 Å². The highest BCUT2D eigenvalue weighted by Gasteiger charge is 2.45. The van der Waals surface area contributed by atoms with Crippen LogP contribution in [0.2, 0.25) is 0 Å². The second-order valence-electron chi connectivity index (χ2n) is 8.68. The van der Waals surface area contributed by atoms with Crippen molar-refractivity contribution in [2.45, 2.75) is 39.0 Å². The lowest BCUT2D eigenvalue weighted by atomic mass is 9.77. The number of carbonyl (C=O) groups excluding carboxylic acids is 2. The molecular formula is C23H30N4O2. The Morgan fingerprint density at radius 3 is 2.55 bits per heavy atom. The number of benzene rings is 1. The molecule has 0 bridgehead atoms. The number of nitrogens with zero attached hydrogens (tertiary/aromatic N) is 4. The van der Waals surface area contributed by atoms with E-state index in [0.717, 1.165) is 57.6 Å². The van der Waals surface area contributed by atoms with E-state index in [1.54, 1.807) is 10.9 Å². The minimum Gasteiger partial charge on any atom is -0.342 e. The Morgan fingerprint density at radius 1 is 1.17 bits per heavy atom. The van der Waals surface area contributed by atoms with Crippen LogP contribution in [0.15, 0.2) is 36.5 Å². The summed E-state index contributed by atoms with van der Waals surface area (Å²) in [6, 6.07) is 10.4. The van der Waals surface area contributed by atoms with E-state index in [1.165, 1.54) is 5.56 Å². The fourth-order valence-electron chi connectivity index (χ4n) is 4.80. The van der Waals surface area contributed by atoms with Crippen LogP contribution in [-0.4, -0.2) is 57.6 Å². The molecule has 6 nitrogen and oxygen atoms in total. The maximum atomic E-state index is 12.8. The van der Waals surface area contributed by atoms with Crippen LogP contribution in [0, 0.1) is 12.3 Å². The Hall–Kier alpha value is -2.63. The molecule has 154 valence electrons. The summed E-state index contributed by atoms with van der Waals surface area (Å²) in [6.45, 7) is 4.99. The molecular weight excluding hydrogens is 364 g/mol. The number of aryl methyl sites for hydroxylation is 3. The number of carbonyl (C=O) groups is 2. The fourth-order valence-corrected chi connectivity index (χ4v) is 4.80. The van der Waals surface area contributed by atoms with Crippen molar-refractivity contribution in [3.05, 3.63) is 53.3 Å². The highest BCUT2D eigenvalue weighted by Crippen LogP contribution is 2.41. The van der Waals surface area contributed by atoms with Crippen molar-refractivity contribution < 1.29 is 9.59 Å². The van der Waals surface area contributed by atoms with Gasteiger partial charge in [0, 0.05) is 51.3 Å². The van der Waals surface area contributed by atoms with Gasteiger partial charge in [0.15, 0.2) is 0 Å². The Balaban J connectivity index is 1.30. The van der Waals surface area contributed by atoms with Crippen LogP contribution in [0.25, 0.3) is 0 Å². The van der Waals surface area contributed by atoms with Crippen LogP contribution in [0.1, 0.15) is 47.3 Å². The number of likely N-dealkylation sites (tertiary alicyclic amines) is 2. The number of aromatic nitrogens is 2. The Kier molecular flexibility index (Phi) is 5.43. The van der Waals surface area contributed by atoms with Crippen molar-refractivity contribution in [3.63, 3.8) is 0 Å². The molecule has 1 aromatic carbocycles. The highest BCUT2D eigenvalue weighted by molar-refractivity contribution is 5.95. The molecule has 0 atom stereocenters. The lowest BCUT2D eigenvalue weighted by Gasteiger charge is -2.38. The van der Waals surface area contributed by atoms with E-state index >= 15 is 0 Å². The van der Waals surface area contributed by atoms with Crippen molar-refractivity contribution in [2.75, 3.05) is 26.2 Å². The number of hydrogen-bond donors (Lipinski definition) is 0. The van der Waals surface area contributed by atoms with Gasteiger partial charge in [0.1, 0.15) is 0 Å². The monoisotopic (exact) mass is 394 g/mol. The zero-order chi connectivity index (χ0) is 20.4. The third kappa shape index (κ3) is 4.21. The summed E-state index contributed by atoms with van der Waals surface area (Å²) in [5, 5.41) is 4.29. The lowest BCUT2D eigenvalue weighted by molar-refractivity contribution is -0.127. The molecule has 0 N–H and O–H groups in total. The third-order valence-electron chi connectivity index (χ3n) is 6.50. The van der Waals surface area contributed by atoms with Crippen molar-refractivity contribution in [1.82, 2.24) is 19.6 Å². The summed E-state index contributed by atoms with van der Waals surface area (Å²) in [5.41, 5.74) is 2.84. The van der Waals surface area contributed by atoms with Crippen molar-refractivity contribution in [1.29, 1.82) is 0 Å². The SMILES string of the molecule is Cc1nn(C)cc1C(=O)N1CCC2(CC1)CC(=O)N(CCCc1ccccc1)C2. The van der Waals surface area contributed by atoms with Gasteiger partial charge in [0.05, 0.1) is 11.3 Å². The molecule has 2 aliphatic rings. The smallest absolute Gasteiger partial charge is 0.257 e. The van der Waals surface area contributed by atoms with Gasteiger partial charge in [-0.15, -0.1) is 0 Å². The maximum Gasteiger partial charge on any atom is 0.257 e. The van der Waals surface area contributed by atoms with E-state index in [9.17, 15) is 9.59 Å². The molecule has 29 heavy (non-hydrogen) atoms. The molecule has 2 fully saturated rings. The molecule has 3 heterocycles. The van der Waals surface area contributed by atoms with Crippen molar-refractivity contribution >= 4 is 11.8 Å². The quantitative estimate of drug-likeness (QED) is 0.784. The molecule has 0 aliphatic carbocycles. The molecule has 2 aliphatic heterocycles. The topological polar surface area (TPSA) is 58.4 Å². The molecule has 2 aromatic rings. The third-order valence-corrected chi connectivity index (χ3v) is 6.50. The number of hydrogen-bond acceptors (Lipinski definition) is 3. The number of amides is 2. The molecule has 1 spiro atoms. The van der Waals surface area contributed by atoms with E-state index in [-0.39, 0.29) is 17.2 Å². The highest BCUT2D eigenvalue weighted by atomic mass is 16.2. The number of piperidine rings is 1. The predicted molar refractivity (Wildman–Crippen MR) is 111 cm³/mol. The summed E-state index contributed by atoms with van der Waals surface area (Å²) >= 11 is 0. The molecule has 2 saturated heterocycles. The molecule has 1 aromatic heterocycles. The average molecular weight is 395 g/mol. The van der Waals surface area contributed by atoms with E-state index in [4.69, 9.17) is 0 Å². The first-order valence-corrected chi connectivity index (χ1v) is 10.6. The molecule has 0 radical (unpaired) electrons. The first-order chi connectivity index (χ1) is 14.0. The van der Waals surface area contributed by atoms with E-state index in [2.05, 4.69) is 29.4 Å². The molecule has 0 saturated carbocycles. The van der Waals surface area contributed by atoms with Crippen LogP contribution < -0.4 is 0 Å². The normalized spacial score (nSPS) is 18.6. The van der Waals surface area contributed by atoms with E-state index < -0.39 is 0 Å². The van der Waals surface area contributed by atoms with Crippen LogP contribution >= 0.6 is 0 Å². The second-order valence-corrected chi connectivity index (χ2v) is 8.68. The average Bonchev–Trinajstić information content (AvgIpc) is 3.21. The van der Waals surface area contributed by atoms with Crippen LogP contribution in [0.3, 0.4) is 0 Å². The van der Waals surface area contributed by atoms with Gasteiger partial charge in [-0.2, -0.15) is 5.10 Å². The van der Waals surface area contributed by atoms with Gasteiger partial charge in [-0.25, -0.2) is 0 Å². The van der Waals surface area contributed by atoms with E-state index in [1.807, 2.05) is 29.8 Å². The number of rotatable bonds is 5. The predicted octanol–water partition coefficient (Wildman–Crippen LogP) is 2.82. The zero-order valence-corrected chi connectivity index (χ0v) is 17.4. The van der Waals surface area contributed by atoms with Gasteiger partial charge in [-0.05, 0) is 38.2 Å². The van der Waals surface area contributed by atoms with Gasteiger partial charge in [0.2, 0.25) is 5.91 Å². The summed E-state index contributed by atoms with van der Waals surface area (Å²) in [6.07, 6.45) is 6.24. The van der Waals surface area contributed by atoms with Crippen molar-refractivity contribution in [3.8, 4) is 0 Å². The summed E-state index contributed by atoms with van der Waals surface area (Å²) in [7, 11) is 1.84. The van der Waals surface area contributed by atoms with Crippen LogP contribution in [0.5, 0.6) is 0 Å². The van der Waals surface area contributed by atoms with Crippen LogP contribution in [0.4, 0.5) is 0 Å².